The van der Waals surface area contributed by atoms with Gasteiger partial charge in [0.05, 0.1) is 30.7 Å². The number of rotatable bonds is 4. The Morgan fingerprint density at radius 2 is 2.04 bits per heavy atom. The number of esters is 1. The van der Waals surface area contributed by atoms with Gasteiger partial charge in [0.25, 0.3) is 0 Å². The summed E-state index contributed by atoms with van der Waals surface area (Å²) < 4.78 is 48.4. The van der Waals surface area contributed by atoms with Gasteiger partial charge in [-0.2, -0.15) is 13.2 Å². The number of carbonyl (C=O) groups is 1. The zero-order valence-corrected chi connectivity index (χ0v) is 14.1. The van der Waals surface area contributed by atoms with Crippen LogP contribution in [0.5, 0.6) is 0 Å². The number of aromatic nitrogens is 1. The molecule has 9 heteroatoms. The molecule has 1 saturated heterocycles. The molecular weight excluding hydrogens is 345 g/mol. The standard InChI is InChI=1S/C15H19F3N2O3S/c1-2-23-14(21)11-13(20-3-5-22-6-4-20)24-12(19-11)9-7-10(8-9)15(16,17)18/h9-10H,2-8H2,1H3. The Bertz CT molecular complexity index is 593. The lowest BCUT2D eigenvalue weighted by Gasteiger charge is -2.35. The zero-order valence-electron chi connectivity index (χ0n) is 13.3. The molecule has 0 radical (unpaired) electrons. The number of halogens is 3. The lowest BCUT2D eigenvalue weighted by Crippen LogP contribution is -2.36. The first-order valence-corrected chi connectivity index (χ1v) is 8.79. The molecule has 1 saturated carbocycles. The minimum Gasteiger partial charge on any atom is -0.461 e. The molecular formula is C15H19F3N2O3S. The quantitative estimate of drug-likeness (QED) is 0.768. The van der Waals surface area contributed by atoms with E-state index in [0.29, 0.717) is 36.3 Å². The van der Waals surface area contributed by atoms with Gasteiger partial charge < -0.3 is 14.4 Å². The summed E-state index contributed by atoms with van der Waals surface area (Å²) in [6.07, 6.45) is -4.06. The summed E-state index contributed by atoms with van der Waals surface area (Å²) >= 11 is 1.31. The van der Waals surface area contributed by atoms with Crippen molar-refractivity contribution in [2.45, 2.75) is 31.9 Å². The second-order valence-electron chi connectivity index (χ2n) is 5.93. The lowest BCUT2D eigenvalue weighted by atomic mass is 9.75. The van der Waals surface area contributed by atoms with Gasteiger partial charge in [-0.1, -0.05) is 0 Å². The Hall–Kier alpha value is -1.35. The van der Waals surface area contributed by atoms with Crippen molar-refractivity contribution in [2.75, 3.05) is 37.8 Å². The molecule has 3 rings (SSSR count). The first-order chi connectivity index (χ1) is 11.4. The van der Waals surface area contributed by atoms with Gasteiger partial charge in [0, 0.05) is 19.0 Å². The SMILES string of the molecule is CCOC(=O)c1nc(C2CC(C(F)(F)F)C2)sc1N1CCOCC1. The van der Waals surface area contributed by atoms with E-state index in [1.165, 1.54) is 11.3 Å². The predicted octanol–water partition coefficient (Wildman–Crippen LogP) is 3.21. The van der Waals surface area contributed by atoms with Crippen LogP contribution in [0.2, 0.25) is 0 Å². The van der Waals surface area contributed by atoms with E-state index >= 15 is 0 Å². The Morgan fingerprint density at radius 1 is 1.38 bits per heavy atom. The Morgan fingerprint density at radius 3 is 2.62 bits per heavy atom. The smallest absolute Gasteiger partial charge is 0.391 e. The molecule has 0 spiro atoms. The van der Waals surface area contributed by atoms with E-state index in [1.54, 1.807) is 6.92 Å². The number of ether oxygens (including phenoxy) is 2. The fourth-order valence-electron chi connectivity index (χ4n) is 2.90. The van der Waals surface area contributed by atoms with Crippen LogP contribution < -0.4 is 4.90 Å². The first-order valence-electron chi connectivity index (χ1n) is 7.97. The summed E-state index contributed by atoms with van der Waals surface area (Å²) in [5, 5.41) is 1.28. The molecule has 0 aromatic carbocycles. The van der Waals surface area contributed by atoms with Crippen LogP contribution in [0, 0.1) is 5.92 Å². The number of anilines is 1. The van der Waals surface area contributed by atoms with E-state index in [1.807, 2.05) is 4.90 Å². The fraction of sp³-hybridized carbons (Fsp3) is 0.733. The molecule has 0 atom stereocenters. The largest absolute Gasteiger partial charge is 0.461 e. The zero-order chi connectivity index (χ0) is 17.3. The number of morpholine rings is 1. The number of thiazole rings is 1. The molecule has 2 aliphatic rings. The van der Waals surface area contributed by atoms with E-state index in [0.717, 1.165) is 0 Å². The van der Waals surface area contributed by atoms with E-state index in [2.05, 4.69) is 4.98 Å². The monoisotopic (exact) mass is 364 g/mol. The highest BCUT2D eigenvalue weighted by Crippen LogP contribution is 2.51. The van der Waals surface area contributed by atoms with Crippen molar-refractivity contribution in [3.05, 3.63) is 10.7 Å². The van der Waals surface area contributed by atoms with Gasteiger partial charge in [0.1, 0.15) is 5.00 Å². The van der Waals surface area contributed by atoms with Gasteiger partial charge in [-0.15, -0.1) is 11.3 Å². The third-order valence-corrected chi connectivity index (χ3v) is 5.62. The van der Waals surface area contributed by atoms with Crippen LogP contribution in [0.1, 0.15) is 41.2 Å². The topological polar surface area (TPSA) is 51.7 Å². The van der Waals surface area contributed by atoms with E-state index < -0.39 is 18.1 Å². The van der Waals surface area contributed by atoms with Crippen molar-refractivity contribution in [1.29, 1.82) is 0 Å². The molecule has 1 aromatic heterocycles. The van der Waals surface area contributed by atoms with Crippen molar-refractivity contribution in [1.82, 2.24) is 4.98 Å². The normalized spacial score (nSPS) is 24.6. The molecule has 2 fully saturated rings. The lowest BCUT2D eigenvalue weighted by molar-refractivity contribution is -0.197. The van der Waals surface area contributed by atoms with Gasteiger partial charge in [-0.25, -0.2) is 9.78 Å². The molecule has 2 heterocycles. The number of carbonyl (C=O) groups excluding carboxylic acids is 1. The molecule has 24 heavy (non-hydrogen) atoms. The van der Waals surface area contributed by atoms with Crippen LogP contribution in [0.25, 0.3) is 0 Å². The van der Waals surface area contributed by atoms with E-state index in [9.17, 15) is 18.0 Å². The maximum absolute atomic E-state index is 12.7. The molecule has 1 aromatic rings. The van der Waals surface area contributed by atoms with Gasteiger partial charge in [0.15, 0.2) is 5.69 Å². The maximum Gasteiger partial charge on any atom is 0.391 e. The number of hydrogen-bond acceptors (Lipinski definition) is 6. The van der Waals surface area contributed by atoms with Crippen LogP contribution in [0.15, 0.2) is 0 Å². The Balaban J connectivity index is 1.80. The Labute approximate surface area is 141 Å². The summed E-state index contributed by atoms with van der Waals surface area (Å²) in [6, 6.07) is 0. The summed E-state index contributed by atoms with van der Waals surface area (Å²) in [5.41, 5.74) is 0.217. The molecule has 0 unspecified atom stereocenters. The summed E-state index contributed by atoms with van der Waals surface area (Å²) in [4.78, 5) is 18.5. The predicted molar refractivity (Wildman–Crippen MR) is 82.6 cm³/mol. The highest BCUT2D eigenvalue weighted by Gasteiger charge is 2.49. The van der Waals surface area contributed by atoms with Gasteiger partial charge >= 0.3 is 12.1 Å². The van der Waals surface area contributed by atoms with E-state index in [4.69, 9.17) is 9.47 Å². The van der Waals surface area contributed by atoms with Crippen molar-refractivity contribution in [2.24, 2.45) is 5.92 Å². The Kier molecular flexibility index (Phi) is 5.00. The molecule has 1 aliphatic carbocycles. The minimum atomic E-state index is -4.15. The number of nitrogens with zero attached hydrogens (tertiary/aromatic N) is 2. The van der Waals surface area contributed by atoms with Crippen LogP contribution >= 0.6 is 11.3 Å². The van der Waals surface area contributed by atoms with Crippen LogP contribution in [0.3, 0.4) is 0 Å². The molecule has 1 aliphatic heterocycles. The molecule has 0 bridgehead atoms. The number of hydrogen-bond donors (Lipinski definition) is 0. The van der Waals surface area contributed by atoms with Crippen LogP contribution in [-0.4, -0.2) is 50.0 Å². The highest BCUT2D eigenvalue weighted by atomic mass is 32.1. The number of alkyl halides is 3. The molecule has 134 valence electrons. The summed E-state index contributed by atoms with van der Waals surface area (Å²) in [6.45, 7) is 4.30. The van der Waals surface area contributed by atoms with Crippen molar-refractivity contribution >= 4 is 22.3 Å². The summed E-state index contributed by atoms with van der Waals surface area (Å²) in [7, 11) is 0. The van der Waals surface area contributed by atoms with Crippen molar-refractivity contribution in [3.63, 3.8) is 0 Å². The van der Waals surface area contributed by atoms with Gasteiger partial charge in [-0.3, -0.25) is 0 Å². The van der Waals surface area contributed by atoms with Gasteiger partial charge in [0.2, 0.25) is 0 Å². The van der Waals surface area contributed by atoms with Crippen molar-refractivity contribution < 1.29 is 27.4 Å². The second kappa shape index (κ2) is 6.87. The average Bonchev–Trinajstić information content (AvgIpc) is 2.90. The van der Waals surface area contributed by atoms with Crippen LogP contribution in [0.4, 0.5) is 18.2 Å². The molecule has 0 amide bonds. The highest BCUT2D eigenvalue weighted by molar-refractivity contribution is 7.16. The third kappa shape index (κ3) is 3.51. The first kappa shape index (κ1) is 17.5. The molecule has 5 nitrogen and oxygen atoms in total. The third-order valence-electron chi connectivity index (χ3n) is 4.34. The van der Waals surface area contributed by atoms with Crippen LogP contribution in [-0.2, 0) is 9.47 Å². The van der Waals surface area contributed by atoms with Gasteiger partial charge in [-0.05, 0) is 19.8 Å². The average molecular weight is 364 g/mol. The fourth-order valence-corrected chi connectivity index (χ4v) is 4.13. The minimum absolute atomic E-state index is 0.0435. The molecule has 0 N–H and O–H groups in total. The van der Waals surface area contributed by atoms with Crippen molar-refractivity contribution in [3.8, 4) is 0 Å². The van der Waals surface area contributed by atoms with E-state index in [-0.39, 0.29) is 31.1 Å². The maximum atomic E-state index is 12.7. The summed E-state index contributed by atoms with van der Waals surface area (Å²) in [5.74, 6) is -2.01. The second-order valence-corrected chi connectivity index (χ2v) is 6.94.